The lowest BCUT2D eigenvalue weighted by Gasteiger charge is -2.39. The number of fused-ring (bicyclic) bond motifs is 2. The zero-order valence-corrected chi connectivity index (χ0v) is 20.6. The monoisotopic (exact) mass is 464 g/mol. The highest BCUT2D eigenvalue weighted by molar-refractivity contribution is 5.78. The number of amides is 1. The van der Waals surface area contributed by atoms with E-state index in [4.69, 9.17) is 9.47 Å². The van der Waals surface area contributed by atoms with E-state index in [2.05, 4.69) is 46.6 Å². The summed E-state index contributed by atoms with van der Waals surface area (Å²) < 4.78 is 11.7. The van der Waals surface area contributed by atoms with Crippen LogP contribution < -0.4 is 4.74 Å². The molecule has 3 fully saturated rings. The van der Waals surface area contributed by atoms with Crippen LogP contribution in [0.1, 0.15) is 45.6 Å². The summed E-state index contributed by atoms with van der Waals surface area (Å²) in [6, 6.07) is 6.42. The van der Waals surface area contributed by atoms with Crippen molar-refractivity contribution < 1.29 is 14.3 Å². The van der Waals surface area contributed by atoms with Gasteiger partial charge < -0.3 is 14.4 Å². The van der Waals surface area contributed by atoms with Crippen LogP contribution >= 0.6 is 0 Å². The average Bonchev–Trinajstić information content (AvgIpc) is 3.08. The number of morpholine rings is 1. The van der Waals surface area contributed by atoms with Gasteiger partial charge in [0, 0.05) is 55.7 Å². The van der Waals surface area contributed by atoms with Gasteiger partial charge in [-0.1, -0.05) is 20.8 Å². The van der Waals surface area contributed by atoms with Crippen molar-refractivity contribution >= 4 is 5.91 Å². The number of carbonyl (C=O) groups is 1. The van der Waals surface area contributed by atoms with Crippen LogP contribution in [0, 0.1) is 10.8 Å². The van der Waals surface area contributed by atoms with Gasteiger partial charge in [0.15, 0.2) is 6.61 Å². The largest absolute Gasteiger partial charge is 0.483 e. The highest BCUT2D eigenvalue weighted by Crippen LogP contribution is 2.52. The Morgan fingerprint density at radius 1 is 1.18 bits per heavy atom. The summed E-state index contributed by atoms with van der Waals surface area (Å²) in [5, 5.41) is 0. The van der Waals surface area contributed by atoms with Gasteiger partial charge in [-0.05, 0) is 48.3 Å². The molecule has 3 heterocycles. The number of likely N-dealkylation sites (tertiary alicyclic amines) is 1. The molecule has 1 aliphatic carbocycles. The lowest BCUT2D eigenvalue weighted by molar-refractivity contribution is -0.134. The molecule has 182 valence electrons. The minimum atomic E-state index is 0.0770. The van der Waals surface area contributed by atoms with Crippen LogP contribution in [0.15, 0.2) is 36.8 Å². The lowest BCUT2D eigenvalue weighted by Crippen LogP contribution is -2.40. The Hall–Kier alpha value is -2.51. The Morgan fingerprint density at radius 3 is 2.76 bits per heavy atom. The SMILES string of the molecule is CC1(C)C[C@@H]2C[C@@](C)(CN2C(=O)COc2ccc(-c3cnccn3)cc2CN2CCOCC2)C1. The number of carbonyl (C=O) groups excluding carboxylic acids is 1. The van der Waals surface area contributed by atoms with Gasteiger partial charge in [-0.15, -0.1) is 0 Å². The van der Waals surface area contributed by atoms with E-state index >= 15 is 0 Å². The van der Waals surface area contributed by atoms with Gasteiger partial charge in [0.2, 0.25) is 0 Å². The van der Waals surface area contributed by atoms with Gasteiger partial charge >= 0.3 is 0 Å². The molecule has 1 saturated carbocycles. The predicted octanol–water partition coefficient (Wildman–Crippen LogP) is 3.78. The number of rotatable bonds is 6. The van der Waals surface area contributed by atoms with Crippen molar-refractivity contribution in [2.75, 3.05) is 39.5 Å². The van der Waals surface area contributed by atoms with Crippen molar-refractivity contribution in [2.24, 2.45) is 10.8 Å². The van der Waals surface area contributed by atoms with E-state index in [1.54, 1.807) is 18.6 Å². The fourth-order valence-electron chi connectivity index (χ4n) is 6.43. The molecule has 2 aliphatic heterocycles. The quantitative estimate of drug-likeness (QED) is 0.648. The first-order valence-electron chi connectivity index (χ1n) is 12.4. The van der Waals surface area contributed by atoms with Crippen molar-refractivity contribution in [3.05, 3.63) is 42.4 Å². The molecule has 2 bridgehead atoms. The second-order valence-corrected chi connectivity index (χ2v) is 11.3. The Labute approximate surface area is 202 Å². The molecule has 7 nitrogen and oxygen atoms in total. The lowest BCUT2D eigenvalue weighted by atomic mass is 9.65. The van der Waals surface area contributed by atoms with Crippen LogP contribution in [0.5, 0.6) is 5.75 Å². The summed E-state index contributed by atoms with van der Waals surface area (Å²) >= 11 is 0. The Bertz CT molecular complexity index is 1020. The van der Waals surface area contributed by atoms with Crippen LogP contribution in [0.2, 0.25) is 0 Å². The number of hydrogen-bond donors (Lipinski definition) is 0. The third-order valence-electron chi connectivity index (χ3n) is 7.50. The van der Waals surface area contributed by atoms with E-state index in [1.807, 2.05) is 12.1 Å². The number of nitrogens with zero attached hydrogens (tertiary/aromatic N) is 4. The summed E-state index contributed by atoms with van der Waals surface area (Å²) in [5.41, 5.74) is 3.40. The molecule has 1 aromatic heterocycles. The summed E-state index contributed by atoms with van der Waals surface area (Å²) in [7, 11) is 0. The van der Waals surface area contributed by atoms with Crippen LogP contribution in [-0.2, 0) is 16.1 Å². The van der Waals surface area contributed by atoms with Crippen molar-refractivity contribution in [2.45, 2.75) is 52.6 Å². The molecular formula is C27H36N4O3. The number of ether oxygens (including phenoxy) is 2. The smallest absolute Gasteiger partial charge is 0.260 e. The predicted molar refractivity (Wildman–Crippen MR) is 130 cm³/mol. The Kier molecular flexibility index (Phi) is 6.34. The number of benzene rings is 1. The molecule has 0 unspecified atom stereocenters. The first-order valence-corrected chi connectivity index (χ1v) is 12.4. The molecule has 0 N–H and O–H groups in total. The minimum Gasteiger partial charge on any atom is -0.483 e. The van der Waals surface area contributed by atoms with Gasteiger partial charge in [0.05, 0.1) is 25.1 Å². The van der Waals surface area contributed by atoms with E-state index in [0.717, 1.165) is 74.8 Å². The highest BCUT2D eigenvalue weighted by Gasteiger charge is 2.50. The zero-order chi connectivity index (χ0) is 23.8. The van der Waals surface area contributed by atoms with E-state index < -0.39 is 0 Å². The Morgan fingerprint density at radius 2 is 2.00 bits per heavy atom. The summed E-state index contributed by atoms with van der Waals surface area (Å²) in [5.74, 6) is 0.864. The van der Waals surface area contributed by atoms with Crippen LogP contribution in [0.4, 0.5) is 0 Å². The zero-order valence-electron chi connectivity index (χ0n) is 20.6. The molecule has 0 spiro atoms. The number of hydrogen-bond acceptors (Lipinski definition) is 6. The molecule has 1 aromatic carbocycles. The summed E-state index contributed by atoms with van der Waals surface area (Å²) in [6.07, 6.45) is 8.50. The molecule has 1 amide bonds. The molecule has 7 heteroatoms. The minimum absolute atomic E-state index is 0.0770. The maximum Gasteiger partial charge on any atom is 0.260 e. The van der Waals surface area contributed by atoms with E-state index in [9.17, 15) is 4.79 Å². The second kappa shape index (κ2) is 9.27. The molecule has 2 atom stereocenters. The third-order valence-corrected chi connectivity index (χ3v) is 7.50. The standard InChI is InChI=1S/C27H36N4O3/c1-26(2)13-22-14-27(3,18-26)19-31(22)25(32)17-34-24-5-4-20(23-15-28-6-7-29-23)12-21(24)16-30-8-10-33-11-9-30/h4-7,12,15,22H,8-11,13-14,16-19H2,1-3H3/t22-,27-/m1/s1. The highest BCUT2D eigenvalue weighted by atomic mass is 16.5. The van der Waals surface area contributed by atoms with Gasteiger partial charge in [-0.2, -0.15) is 0 Å². The maximum absolute atomic E-state index is 13.3. The molecule has 34 heavy (non-hydrogen) atoms. The van der Waals surface area contributed by atoms with E-state index in [-0.39, 0.29) is 23.3 Å². The molecular weight excluding hydrogens is 428 g/mol. The molecule has 2 aromatic rings. The maximum atomic E-state index is 13.3. The normalized spacial score (nSPS) is 26.4. The second-order valence-electron chi connectivity index (χ2n) is 11.3. The van der Waals surface area contributed by atoms with Gasteiger partial charge in [0.1, 0.15) is 5.75 Å². The van der Waals surface area contributed by atoms with Crippen LogP contribution in [0.3, 0.4) is 0 Å². The van der Waals surface area contributed by atoms with Crippen molar-refractivity contribution in [3.8, 4) is 17.0 Å². The first kappa shape index (κ1) is 23.2. The fraction of sp³-hybridized carbons (Fsp3) is 0.593. The fourth-order valence-corrected chi connectivity index (χ4v) is 6.43. The van der Waals surface area contributed by atoms with Crippen molar-refractivity contribution in [1.29, 1.82) is 0 Å². The van der Waals surface area contributed by atoms with Crippen molar-refractivity contribution in [1.82, 2.24) is 19.8 Å². The third kappa shape index (κ3) is 5.10. The molecule has 2 saturated heterocycles. The molecule has 0 radical (unpaired) electrons. The Balaban J connectivity index is 1.32. The van der Waals surface area contributed by atoms with Gasteiger partial charge in [-0.3, -0.25) is 19.7 Å². The molecule has 5 rings (SSSR count). The van der Waals surface area contributed by atoms with Gasteiger partial charge in [0.25, 0.3) is 5.91 Å². The van der Waals surface area contributed by atoms with E-state index in [0.29, 0.717) is 6.04 Å². The average molecular weight is 465 g/mol. The van der Waals surface area contributed by atoms with Crippen molar-refractivity contribution in [3.63, 3.8) is 0 Å². The van der Waals surface area contributed by atoms with Gasteiger partial charge in [-0.25, -0.2) is 0 Å². The first-order chi connectivity index (χ1) is 16.3. The molecule has 3 aliphatic rings. The summed E-state index contributed by atoms with van der Waals surface area (Å²) in [6.45, 7) is 11.9. The van der Waals surface area contributed by atoms with Crippen LogP contribution in [-0.4, -0.2) is 71.2 Å². The number of aromatic nitrogens is 2. The van der Waals surface area contributed by atoms with E-state index in [1.165, 1.54) is 6.42 Å². The van der Waals surface area contributed by atoms with Crippen LogP contribution in [0.25, 0.3) is 11.3 Å². The summed E-state index contributed by atoms with van der Waals surface area (Å²) in [4.78, 5) is 26.4. The topological polar surface area (TPSA) is 67.8 Å².